The highest BCUT2D eigenvalue weighted by Crippen LogP contribution is 2.11. The molecule has 2 aromatic heterocycles. The Kier molecular flexibility index (Phi) is 3.92. The molecular formula is C16H22N4O. The fraction of sp³-hybridized carbons (Fsp3) is 0.500. The van der Waals surface area contributed by atoms with Gasteiger partial charge in [0.2, 0.25) is 0 Å². The van der Waals surface area contributed by atoms with E-state index in [9.17, 15) is 4.79 Å². The minimum Gasteiger partial charge on any atom is -0.347 e. The van der Waals surface area contributed by atoms with Crippen molar-refractivity contribution in [3.05, 3.63) is 35.8 Å². The normalized spacial score (nSPS) is 17.2. The van der Waals surface area contributed by atoms with Crippen molar-refractivity contribution in [3.8, 4) is 0 Å². The monoisotopic (exact) mass is 286 g/mol. The van der Waals surface area contributed by atoms with E-state index in [0.29, 0.717) is 5.69 Å². The molecule has 1 aliphatic heterocycles. The van der Waals surface area contributed by atoms with Gasteiger partial charge in [0.25, 0.3) is 5.91 Å². The Labute approximate surface area is 125 Å². The second-order valence-corrected chi connectivity index (χ2v) is 5.93. The predicted octanol–water partition coefficient (Wildman–Crippen LogP) is 1.86. The molecule has 5 heteroatoms. The number of likely N-dealkylation sites (tertiary alicyclic amines) is 1. The number of nitrogens with zero attached hydrogens (tertiary/aromatic N) is 3. The number of nitrogens with one attached hydrogen (secondary N) is 1. The van der Waals surface area contributed by atoms with Crippen LogP contribution in [-0.4, -0.2) is 45.9 Å². The van der Waals surface area contributed by atoms with E-state index >= 15 is 0 Å². The number of aromatic nitrogens is 2. The molecule has 0 saturated carbocycles. The summed E-state index contributed by atoms with van der Waals surface area (Å²) in [6.45, 7) is 7.26. The number of hydrogen-bond acceptors (Lipinski definition) is 3. The van der Waals surface area contributed by atoms with Crippen molar-refractivity contribution in [1.82, 2.24) is 19.6 Å². The summed E-state index contributed by atoms with van der Waals surface area (Å²) in [6, 6.07) is 4.10. The molecule has 1 saturated heterocycles. The summed E-state index contributed by atoms with van der Waals surface area (Å²) in [5.74, 6) is -0.0928. The van der Waals surface area contributed by atoms with Gasteiger partial charge in [0.05, 0.1) is 0 Å². The molecule has 0 bridgehead atoms. The van der Waals surface area contributed by atoms with Crippen LogP contribution in [0.4, 0.5) is 0 Å². The summed E-state index contributed by atoms with van der Waals surface area (Å²) < 4.78 is 1.90. The molecule has 112 valence electrons. The fourth-order valence-corrected chi connectivity index (χ4v) is 2.96. The van der Waals surface area contributed by atoms with Gasteiger partial charge in [0, 0.05) is 25.0 Å². The first-order valence-electron chi connectivity index (χ1n) is 7.61. The van der Waals surface area contributed by atoms with Crippen LogP contribution < -0.4 is 5.32 Å². The number of amides is 1. The van der Waals surface area contributed by atoms with E-state index in [1.165, 1.54) is 12.8 Å². The Hall–Kier alpha value is -1.88. The molecule has 1 fully saturated rings. The summed E-state index contributed by atoms with van der Waals surface area (Å²) in [5.41, 5.74) is 2.40. The quantitative estimate of drug-likeness (QED) is 0.933. The van der Waals surface area contributed by atoms with E-state index in [0.717, 1.165) is 30.8 Å². The highest BCUT2D eigenvalue weighted by molar-refractivity contribution is 5.93. The van der Waals surface area contributed by atoms with Gasteiger partial charge in [0.1, 0.15) is 11.3 Å². The van der Waals surface area contributed by atoms with Crippen LogP contribution in [0.15, 0.2) is 24.5 Å². The zero-order chi connectivity index (χ0) is 14.8. The maximum absolute atomic E-state index is 12.3. The van der Waals surface area contributed by atoms with Crippen molar-refractivity contribution >= 4 is 11.6 Å². The lowest BCUT2D eigenvalue weighted by atomic mass is 10.3. The standard InChI is InChI=1S/C16H22N4O/c1-12-6-5-9-20-11-14(18-15(12)20)16(21)17-13(2)10-19-7-3-4-8-19/h5-6,9,11,13H,3-4,7-8,10H2,1-2H3,(H,17,21)/t13-/m0/s1. The third-order valence-electron chi connectivity index (χ3n) is 4.02. The summed E-state index contributed by atoms with van der Waals surface area (Å²) in [7, 11) is 0. The average molecular weight is 286 g/mol. The van der Waals surface area contributed by atoms with Gasteiger partial charge in [0.15, 0.2) is 0 Å². The molecule has 1 amide bonds. The topological polar surface area (TPSA) is 49.6 Å². The zero-order valence-corrected chi connectivity index (χ0v) is 12.7. The van der Waals surface area contributed by atoms with Gasteiger partial charge in [-0.15, -0.1) is 0 Å². The van der Waals surface area contributed by atoms with Gasteiger partial charge in [-0.3, -0.25) is 4.79 Å². The molecule has 0 radical (unpaired) electrons. The van der Waals surface area contributed by atoms with Gasteiger partial charge in [-0.25, -0.2) is 4.98 Å². The highest BCUT2D eigenvalue weighted by atomic mass is 16.2. The SMILES string of the molecule is Cc1cccn2cc(C(=O)N[C@@H](C)CN3CCCC3)nc12. The van der Waals surface area contributed by atoms with Crippen molar-refractivity contribution in [2.45, 2.75) is 32.7 Å². The molecule has 3 heterocycles. The number of fused-ring (bicyclic) bond motifs is 1. The third kappa shape index (κ3) is 3.08. The minimum atomic E-state index is -0.0928. The van der Waals surface area contributed by atoms with E-state index < -0.39 is 0 Å². The van der Waals surface area contributed by atoms with Crippen LogP contribution in [0.2, 0.25) is 0 Å². The lowest BCUT2D eigenvalue weighted by Crippen LogP contribution is -2.41. The zero-order valence-electron chi connectivity index (χ0n) is 12.7. The Morgan fingerprint density at radius 3 is 2.90 bits per heavy atom. The molecule has 1 atom stereocenters. The molecule has 5 nitrogen and oxygen atoms in total. The molecule has 0 aromatic carbocycles. The number of carbonyl (C=O) groups excluding carboxylic acids is 1. The third-order valence-corrected chi connectivity index (χ3v) is 4.02. The van der Waals surface area contributed by atoms with Gasteiger partial charge in [-0.05, 0) is 51.4 Å². The number of aryl methyl sites for hydroxylation is 1. The Bertz CT molecular complexity index is 643. The largest absolute Gasteiger partial charge is 0.347 e. The number of pyridine rings is 1. The lowest BCUT2D eigenvalue weighted by Gasteiger charge is -2.20. The first-order valence-corrected chi connectivity index (χ1v) is 7.61. The Balaban J connectivity index is 1.67. The van der Waals surface area contributed by atoms with Gasteiger partial charge < -0.3 is 14.6 Å². The molecule has 0 aliphatic carbocycles. The van der Waals surface area contributed by atoms with Gasteiger partial charge >= 0.3 is 0 Å². The van der Waals surface area contributed by atoms with Crippen molar-refractivity contribution < 1.29 is 4.79 Å². The van der Waals surface area contributed by atoms with Gasteiger partial charge in [-0.1, -0.05) is 6.07 Å². The lowest BCUT2D eigenvalue weighted by molar-refractivity contribution is 0.0927. The van der Waals surface area contributed by atoms with Crippen LogP contribution >= 0.6 is 0 Å². The van der Waals surface area contributed by atoms with Crippen LogP contribution in [0.25, 0.3) is 5.65 Å². The minimum absolute atomic E-state index is 0.0928. The van der Waals surface area contributed by atoms with E-state index in [4.69, 9.17) is 0 Å². The van der Waals surface area contributed by atoms with E-state index in [2.05, 4.69) is 22.1 Å². The molecule has 0 unspecified atom stereocenters. The van der Waals surface area contributed by atoms with E-state index in [1.807, 2.05) is 29.7 Å². The average Bonchev–Trinajstić information content (AvgIpc) is 3.07. The first kappa shape index (κ1) is 14.1. The predicted molar refractivity (Wildman–Crippen MR) is 82.5 cm³/mol. The van der Waals surface area contributed by atoms with Crippen LogP contribution in [0, 0.1) is 6.92 Å². The second-order valence-electron chi connectivity index (χ2n) is 5.93. The number of carbonyl (C=O) groups is 1. The maximum Gasteiger partial charge on any atom is 0.271 e. The number of hydrogen-bond donors (Lipinski definition) is 1. The number of imidazole rings is 1. The molecule has 21 heavy (non-hydrogen) atoms. The molecule has 3 rings (SSSR count). The Morgan fingerprint density at radius 1 is 1.43 bits per heavy atom. The highest BCUT2D eigenvalue weighted by Gasteiger charge is 2.18. The molecule has 2 aromatic rings. The molecular weight excluding hydrogens is 264 g/mol. The van der Waals surface area contributed by atoms with Gasteiger partial charge in [-0.2, -0.15) is 0 Å². The Morgan fingerprint density at radius 2 is 2.19 bits per heavy atom. The first-order chi connectivity index (χ1) is 10.1. The summed E-state index contributed by atoms with van der Waals surface area (Å²) in [4.78, 5) is 19.1. The van der Waals surface area contributed by atoms with E-state index in [1.54, 1.807) is 6.20 Å². The van der Waals surface area contributed by atoms with Crippen molar-refractivity contribution in [2.24, 2.45) is 0 Å². The van der Waals surface area contributed by atoms with Crippen molar-refractivity contribution in [3.63, 3.8) is 0 Å². The summed E-state index contributed by atoms with van der Waals surface area (Å²) in [5, 5.41) is 3.05. The summed E-state index contributed by atoms with van der Waals surface area (Å²) >= 11 is 0. The van der Waals surface area contributed by atoms with Crippen molar-refractivity contribution in [2.75, 3.05) is 19.6 Å². The maximum atomic E-state index is 12.3. The fourth-order valence-electron chi connectivity index (χ4n) is 2.96. The van der Waals surface area contributed by atoms with Crippen molar-refractivity contribution in [1.29, 1.82) is 0 Å². The number of rotatable bonds is 4. The molecule has 0 spiro atoms. The second kappa shape index (κ2) is 5.85. The van der Waals surface area contributed by atoms with Crippen LogP contribution in [0.1, 0.15) is 35.8 Å². The van der Waals surface area contributed by atoms with E-state index in [-0.39, 0.29) is 11.9 Å². The smallest absolute Gasteiger partial charge is 0.271 e. The van der Waals surface area contributed by atoms with Crippen LogP contribution in [0.5, 0.6) is 0 Å². The van der Waals surface area contributed by atoms with Crippen LogP contribution in [0.3, 0.4) is 0 Å². The molecule has 1 aliphatic rings. The van der Waals surface area contributed by atoms with Crippen LogP contribution in [-0.2, 0) is 0 Å². The summed E-state index contributed by atoms with van der Waals surface area (Å²) in [6.07, 6.45) is 6.25. The molecule has 1 N–H and O–H groups in total.